The Morgan fingerprint density at radius 3 is 1.90 bits per heavy atom. The van der Waals surface area contributed by atoms with E-state index in [1.54, 1.807) is 54.6 Å². The van der Waals surface area contributed by atoms with Gasteiger partial charge in [0, 0.05) is 12.1 Å². The van der Waals surface area contributed by atoms with E-state index in [1.165, 1.54) is 24.3 Å². The third kappa shape index (κ3) is 5.89. The van der Waals surface area contributed by atoms with E-state index in [1.807, 2.05) is 19.0 Å². The van der Waals surface area contributed by atoms with Crippen LogP contribution in [-0.2, 0) is 0 Å². The molecule has 3 aromatic rings. The van der Waals surface area contributed by atoms with Crippen molar-refractivity contribution in [3.05, 3.63) is 95.6 Å². The normalized spacial score (nSPS) is 12.6. The number of aromatic hydroxyl groups is 1. The third-order valence-electron chi connectivity index (χ3n) is 4.70. The molecule has 3 aromatic carbocycles. The van der Waals surface area contributed by atoms with Crippen LogP contribution in [0.3, 0.4) is 0 Å². The summed E-state index contributed by atoms with van der Waals surface area (Å²) in [5.41, 5.74) is 0.157. The summed E-state index contributed by atoms with van der Waals surface area (Å²) < 4.78 is 48.6. The standard InChI is InChI=1S/C25H24F3NO2/c1-29(2)16-17-31-22-14-10-19(11-15-22)23(18-6-4-3-5-7-18)24(25(26,27)28)20-8-12-21(30)13-9-20/h3-15,30H,16-17H2,1-2H3/b24-23-. The molecule has 0 amide bonds. The molecule has 0 spiro atoms. The molecule has 3 rings (SSSR count). The van der Waals surface area contributed by atoms with Gasteiger partial charge in [0.15, 0.2) is 0 Å². The summed E-state index contributed by atoms with van der Waals surface area (Å²) in [4.78, 5) is 1.98. The number of phenolic OH excluding ortho intramolecular Hbond substituents is 1. The van der Waals surface area contributed by atoms with Gasteiger partial charge in [-0.1, -0.05) is 54.6 Å². The first kappa shape index (κ1) is 22.4. The van der Waals surface area contributed by atoms with Gasteiger partial charge in [-0.25, -0.2) is 0 Å². The number of allylic oxidation sites excluding steroid dienone is 1. The molecular formula is C25H24F3NO2. The molecular weight excluding hydrogens is 403 g/mol. The molecule has 0 aliphatic rings. The molecule has 0 unspecified atom stereocenters. The fraction of sp³-hybridized carbons (Fsp3) is 0.200. The molecule has 6 heteroatoms. The summed E-state index contributed by atoms with van der Waals surface area (Å²) in [6.07, 6.45) is -4.61. The van der Waals surface area contributed by atoms with E-state index in [-0.39, 0.29) is 16.9 Å². The van der Waals surface area contributed by atoms with Gasteiger partial charge in [-0.05, 0) is 55.1 Å². The number of phenols is 1. The number of hydrogen-bond acceptors (Lipinski definition) is 3. The van der Waals surface area contributed by atoms with Gasteiger partial charge in [-0.3, -0.25) is 0 Å². The number of benzene rings is 3. The van der Waals surface area contributed by atoms with E-state index in [9.17, 15) is 18.3 Å². The van der Waals surface area contributed by atoms with Crippen molar-refractivity contribution in [2.24, 2.45) is 0 Å². The highest BCUT2D eigenvalue weighted by Crippen LogP contribution is 2.43. The molecule has 162 valence electrons. The predicted molar refractivity (Wildman–Crippen MR) is 117 cm³/mol. The molecule has 31 heavy (non-hydrogen) atoms. The average molecular weight is 427 g/mol. The quantitative estimate of drug-likeness (QED) is 0.480. The predicted octanol–water partition coefficient (Wildman–Crippen LogP) is 5.85. The van der Waals surface area contributed by atoms with Gasteiger partial charge in [-0.15, -0.1) is 0 Å². The summed E-state index contributed by atoms with van der Waals surface area (Å²) in [5, 5.41) is 9.54. The summed E-state index contributed by atoms with van der Waals surface area (Å²) in [6.45, 7) is 1.21. The highest BCUT2D eigenvalue weighted by atomic mass is 19.4. The van der Waals surface area contributed by atoms with Crippen molar-refractivity contribution in [1.82, 2.24) is 4.90 Å². The van der Waals surface area contributed by atoms with Crippen molar-refractivity contribution in [3.63, 3.8) is 0 Å². The zero-order chi connectivity index (χ0) is 22.4. The van der Waals surface area contributed by atoms with Crippen LogP contribution in [0.15, 0.2) is 78.9 Å². The van der Waals surface area contributed by atoms with Crippen molar-refractivity contribution in [1.29, 1.82) is 0 Å². The van der Waals surface area contributed by atoms with Crippen LogP contribution in [0, 0.1) is 0 Å². The Balaban J connectivity index is 2.12. The maximum Gasteiger partial charge on any atom is 0.417 e. The molecule has 0 radical (unpaired) electrons. The van der Waals surface area contributed by atoms with Crippen LogP contribution in [0.1, 0.15) is 16.7 Å². The Bertz CT molecular complexity index is 1010. The summed E-state index contributed by atoms with van der Waals surface area (Å²) in [5.74, 6) is 0.502. The first-order valence-electron chi connectivity index (χ1n) is 9.80. The van der Waals surface area contributed by atoms with E-state index < -0.39 is 11.7 Å². The molecule has 0 heterocycles. The van der Waals surface area contributed by atoms with Crippen molar-refractivity contribution >= 4 is 11.1 Å². The second-order valence-electron chi connectivity index (χ2n) is 7.34. The van der Waals surface area contributed by atoms with Crippen LogP contribution in [-0.4, -0.2) is 43.4 Å². The molecule has 1 N–H and O–H groups in total. The summed E-state index contributed by atoms with van der Waals surface area (Å²) >= 11 is 0. The second kappa shape index (κ2) is 9.71. The molecule has 0 saturated carbocycles. The van der Waals surface area contributed by atoms with Crippen molar-refractivity contribution in [2.45, 2.75) is 6.18 Å². The van der Waals surface area contributed by atoms with Gasteiger partial charge in [0.25, 0.3) is 0 Å². The van der Waals surface area contributed by atoms with Crippen LogP contribution in [0.5, 0.6) is 11.5 Å². The van der Waals surface area contributed by atoms with Crippen LogP contribution in [0.25, 0.3) is 11.1 Å². The van der Waals surface area contributed by atoms with Crippen LogP contribution >= 0.6 is 0 Å². The van der Waals surface area contributed by atoms with Crippen LogP contribution < -0.4 is 4.74 Å². The first-order chi connectivity index (χ1) is 14.8. The highest BCUT2D eigenvalue weighted by molar-refractivity contribution is 6.00. The van der Waals surface area contributed by atoms with Gasteiger partial charge < -0.3 is 14.7 Å². The summed E-state index contributed by atoms with van der Waals surface area (Å²) in [7, 11) is 3.87. The van der Waals surface area contributed by atoms with Gasteiger partial charge >= 0.3 is 6.18 Å². The number of ether oxygens (including phenoxy) is 1. The largest absolute Gasteiger partial charge is 0.508 e. The first-order valence-corrected chi connectivity index (χ1v) is 9.80. The maximum atomic E-state index is 14.3. The molecule has 0 saturated heterocycles. The third-order valence-corrected chi connectivity index (χ3v) is 4.70. The smallest absolute Gasteiger partial charge is 0.417 e. The lowest BCUT2D eigenvalue weighted by Gasteiger charge is -2.20. The molecule has 0 atom stereocenters. The zero-order valence-corrected chi connectivity index (χ0v) is 17.4. The topological polar surface area (TPSA) is 32.7 Å². The monoisotopic (exact) mass is 427 g/mol. The van der Waals surface area contributed by atoms with Crippen LogP contribution in [0.2, 0.25) is 0 Å². The average Bonchev–Trinajstić information content (AvgIpc) is 2.73. The Kier molecular flexibility index (Phi) is 7.02. The van der Waals surface area contributed by atoms with Crippen molar-refractivity contribution in [3.8, 4) is 11.5 Å². The molecule has 0 bridgehead atoms. The zero-order valence-electron chi connectivity index (χ0n) is 17.4. The number of alkyl halides is 3. The molecule has 0 aromatic heterocycles. The lowest BCUT2D eigenvalue weighted by molar-refractivity contribution is -0.0685. The maximum absolute atomic E-state index is 14.3. The van der Waals surface area contributed by atoms with E-state index in [4.69, 9.17) is 4.74 Å². The lowest BCUT2D eigenvalue weighted by Crippen LogP contribution is -2.19. The lowest BCUT2D eigenvalue weighted by atomic mass is 9.89. The molecule has 0 fully saturated rings. The Morgan fingerprint density at radius 2 is 1.35 bits per heavy atom. The van der Waals surface area contributed by atoms with E-state index in [0.717, 1.165) is 6.54 Å². The van der Waals surface area contributed by atoms with Crippen LogP contribution in [0.4, 0.5) is 13.2 Å². The van der Waals surface area contributed by atoms with E-state index in [0.29, 0.717) is 23.5 Å². The second-order valence-corrected chi connectivity index (χ2v) is 7.34. The molecule has 0 aliphatic heterocycles. The Morgan fingerprint density at radius 1 is 0.806 bits per heavy atom. The SMILES string of the molecule is CN(C)CCOc1ccc(/C(=C(/c2ccc(O)cc2)C(F)(F)F)c2ccccc2)cc1. The van der Waals surface area contributed by atoms with Gasteiger partial charge in [0.2, 0.25) is 0 Å². The fourth-order valence-electron chi connectivity index (χ4n) is 3.20. The van der Waals surface area contributed by atoms with E-state index in [2.05, 4.69) is 0 Å². The number of likely N-dealkylation sites (N-methyl/N-ethyl adjacent to an activating group) is 1. The highest BCUT2D eigenvalue weighted by Gasteiger charge is 2.38. The number of halogens is 3. The van der Waals surface area contributed by atoms with Crippen molar-refractivity contribution < 1.29 is 23.0 Å². The van der Waals surface area contributed by atoms with Gasteiger partial charge in [0.05, 0.1) is 5.57 Å². The Hall–Kier alpha value is -3.25. The molecule has 0 aliphatic carbocycles. The Labute approximate surface area is 180 Å². The number of nitrogens with zero attached hydrogens (tertiary/aromatic N) is 1. The van der Waals surface area contributed by atoms with Gasteiger partial charge in [0.1, 0.15) is 18.1 Å². The number of rotatable bonds is 7. The minimum Gasteiger partial charge on any atom is -0.508 e. The summed E-state index contributed by atoms with van der Waals surface area (Å²) in [6, 6.07) is 20.2. The minimum absolute atomic E-state index is 0.0181. The molecule has 3 nitrogen and oxygen atoms in total. The van der Waals surface area contributed by atoms with Crippen molar-refractivity contribution in [2.75, 3.05) is 27.2 Å². The van der Waals surface area contributed by atoms with Gasteiger partial charge in [-0.2, -0.15) is 13.2 Å². The minimum atomic E-state index is -4.61. The number of hydrogen-bond donors (Lipinski definition) is 1. The van der Waals surface area contributed by atoms with E-state index >= 15 is 0 Å². The fourth-order valence-corrected chi connectivity index (χ4v) is 3.20.